The Kier molecular flexibility index (Phi) is 3.65. The number of nitrogens with one attached hydrogen (secondary N) is 1. The van der Waals surface area contributed by atoms with Crippen molar-refractivity contribution in [2.24, 2.45) is 0 Å². The van der Waals surface area contributed by atoms with E-state index < -0.39 is 5.97 Å². The Morgan fingerprint density at radius 2 is 1.72 bits per heavy atom. The number of fused-ring (bicyclic) bond motifs is 1. The fourth-order valence-corrected chi connectivity index (χ4v) is 2.96. The summed E-state index contributed by atoms with van der Waals surface area (Å²) in [5, 5.41) is 16.5. The fourth-order valence-electron chi connectivity index (χ4n) is 2.96. The summed E-state index contributed by atoms with van der Waals surface area (Å²) in [6, 6.07) is 12.5. The lowest BCUT2D eigenvalue weighted by Gasteiger charge is -2.19. The van der Waals surface area contributed by atoms with E-state index in [0.717, 1.165) is 39.6 Å². The molecule has 0 saturated heterocycles. The topological polar surface area (TPSA) is 84.4 Å². The maximum absolute atomic E-state index is 11.0. The van der Waals surface area contributed by atoms with Crippen LogP contribution in [0, 0.1) is 6.92 Å². The number of benzene rings is 2. The second-order valence-corrected chi connectivity index (χ2v) is 5.81. The number of ether oxygens (including phenoxy) is 2. The van der Waals surface area contributed by atoms with Gasteiger partial charge in [-0.1, -0.05) is 18.2 Å². The molecule has 0 saturated carbocycles. The number of hydrogen-bond acceptors (Lipinski definition) is 4. The molecule has 0 bridgehead atoms. The minimum Gasteiger partial charge on any atom is -0.486 e. The van der Waals surface area contributed by atoms with Crippen molar-refractivity contribution in [1.82, 2.24) is 10.2 Å². The first-order chi connectivity index (χ1) is 12.1. The molecule has 126 valence electrons. The maximum atomic E-state index is 11.0. The van der Waals surface area contributed by atoms with Gasteiger partial charge in [-0.15, -0.1) is 0 Å². The van der Waals surface area contributed by atoms with Gasteiger partial charge in [0, 0.05) is 16.8 Å². The van der Waals surface area contributed by atoms with Crippen LogP contribution in [0.5, 0.6) is 11.5 Å². The Morgan fingerprint density at radius 1 is 1.04 bits per heavy atom. The van der Waals surface area contributed by atoms with Crippen LogP contribution < -0.4 is 9.47 Å². The summed E-state index contributed by atoms with van der Waals surface area (Å²) in [5.41, 5.74) is 4.71. The number of hydrogen-bond donors (Lipinski definition) is 2. The third-order valence-electron chi connectivity index (χ3n) is 4.18. The lowest BCUT2D eigenvalue weighted by molar-refractivity contribution is 0.0697. The van der Waals surface area contributed by atoms with Crippen LogP contribution in [0.25, 0.3) is 22.4 Å². The fraction of sp³-hybridized carbons (Fsp3) is 0.158. The van der Waals surface area contributed by atoms with E-state index in [1.165, 1.54) is 0 Å². The number of carbonyl (C=O) groups is 1. The van der Waals surface area contributed by atoms with Gasteiger partial charge in [0.15, 0.2) is 11.5 Å². The number of aromatic nitrogens is 2. The predicted octanol–water partition coefficient (Wildman–Crippen LogP) is 3.52. The van der Waals surface area contributed by atoms with Gasteiger partial charge in [-0.25, -0.2) is 4.79 Å². The predicted molar refractivity (Wildman–Crippen MR) is 92.1 cm³/mol. The Morgan fingerprint density at radius 3 is 2.44 bits per heavy atom. The van der Waals surface area contributed by atoms with Gasteiger partial charge in [0.1, 0.15) is 18.9 Å². The Labute approximate surface area is 144 Å². The van der Waals surface area contributed by atoms with Crippen molar-refractivity contribution in [3.05, 3.63) is 53.7 Å². The smallest absolute Gasteiger partial charge is 0.335 e. The van der Waals surface area contributed by atoms with E-state index in [1.807, 2.05) is 25.1 Å². The van der Waals surface area contributed by atoms with Gasteiger partial charge in [0.25, 0.3) is 0 Å². The maximum Gasteiger partial charge on any atom is 0.335 e. The molecule has 2 heterocycles. The standard InChI is InChI=1S/C19H16N2O4/c1-11-17(14-6-7-15-16(10-14)25-9-8-24-15)18(21-20-11)12-2-4-13(5-3-12)19(22)23/h2-7,10H,8-9H2,1H3,(H,20,21)(H,22,23). The van der Waals surface area contributed by atoms with Gasteiger partial charge in [0.05, 0.1) is 5.56 Å². The van der Waals surface area contributed by atoms with Crippen molar-refractivity contribution < 1.29 is 19.4 Å². The van der Waals surface area contributed by atoms with Gasteiger partial charge < -0.3 is 14.6 Å². The summed E-state index contributed by atoms with van der Waals surface area (Å²) in [5.74, 6) is 0.511. The molecular formula is C19H16N2O4. The molecule has 0 unspecified atom stereocenters. The number of aryl methyl sites for hydroxylation is 1. The zero-order chi connectivity index (χ0) is 17.4. The number of nitrogens with zero attached hydrogens (tertiary/aromatic N) is 1. The first-order valence-corrected chi connectivity index (χ1v) is 7.92. The normalized spacial score (nSPS) is 12.8. The van der Waals surface area contributed by atoms with Crippen molar-refractivity contribution in [2.75, 3.05) is 13.2 Å². The second-order valence-electron chi connectivity index (χ2n) is 5.81. The summed E-state index contributed by atoms with van der Waals surface area (Å²) in [7, 11) is 0. The molecule has 0 radical (unpaired) electrons. The SMILES string of the molecule is Cc1[nH]nc(-c2ccc(C(=O)O)cc2)c1-c1ccc2c(c1)OCCO2. The molecule has 1 aliphatic rings. The highest BCUT2D eigenvalue weighted by molar-refractivity contribution is 5.89. The zero-order valence-corrected chi connectivity index (χ0v) is 13.6. The molecule has 25 heavy (non-hydrogen) atoms. The van der Waals surface area contributed by atoms with Crippen molar-refractivity contribution in [3.8, 4) is 33.9 Å². The van der Waals surface area contributed by atoms with E-state index in [-0.39, 0.29) is 5.56 Å². The van der Waals surface area contributed by atoms with Crippen LogP contribution in [0.3, 0.4) is 0 Å². The van der Waals surface area contributed by atoms with Crippen molar-refractivity contribution in [3.63, 3.8) is 0 Å². The molecule has 2 aromatic carbocycles. The highest BCUT2D eigenvalue weighted by Crippen LogP contribution is 2.38. The molecule has 4 rings (SSSR count). The van der Waals surface area contributed by atoms with Crippen LogP contribution in [0.2, 0.25) is 0 Å². The van der Waals surface area contributed by atoms with Crippen molar-refractivity contribution >= 4 is 5.97 Å². The monoisotopic (exact) mass is 336 g/mol. The van der Waals surface area contributed by atoms with Gasteiger partial charge in [0.2, 0.25) is 0 Å². The molecule has 0 fully saturated rings. The molecule has 0 atom stereocenters. The first-order valence-electron chi connectivity index (χ1n) is 7.92. The van der Waals surface area contributed by atoms with Crippen LogP contribution in [0.1, 0.15) is 16.1 Å². The summed E-state index contributed by atoms with van der Waals surface area (Å²) in [4.78, 5) is 11.0. The van der Waals surface area contributed by atoms with Crippen molar-refractivity contribution in [2.45, 2.75) is 6.92 Å². The zero-order valence-electron chi connectivity index (χ0n) is 13.6. The van der Waals surface area contributed by atoms with E-state index in [9.17, 15) is 4.79 Å². The molecule has 3 aromatic rings. The molecule has 1 aromatic heterocycles. The van der Waals surface area contributed by atoms with Gasteiger partial charge in [-0.3, -0.25) is 5.10 Å². The molecule has 6 nitrogen and oxygen atoms in total. The minimum atomic E-state index is -0.947. The van der Waals surface area contributed by atoms with Crippen LogP contribution in [-0.2, 0) is 0 Å². The summed E-state index contributed by atoms with van der Waals surface area (Å²) in [6.07, 6.45) is 0. The van der Waals surface area contributed by atoms with E-state index in [2.05, 4.69) is 10.2 Å². The number of aromatic carboxylic acids is 1. The van der Waals surface area contributed by atoms with Crippen LogP contribution >= 0.6 is 0 Å². The highest BCUT2D eigenvalue weighted by atomic mass is 16.6. The summed E-state index contributed by atoms with van der Waals surface area (Å²) in [6.45, 7) is 3.04. The van der Waals surface area contributed by atoms with Crippen LogP contribution in [-0.4, -0.2) is 34.5 Å². The van der Waals surface area contributed by atoms with E-state index in [4.69, 9.17) is 14.6 Å². The number of rotatable bonds is 3. The van der Waals surface area contributed by atoms with Gasteiger partial charge in [-0.2, -0.15) is 5.10 Å². The Balaban J connectivity index is 1.79. The lowest BCUT2D eigenvalue weighted by atomic mass is 9.98. The number of carboxylic acids is 1. The molecular weight excluding hydrogens is 320 g/mol. The van der Waals surface area contributed by atoms with E-state index in [0.29, 0.717) is 13.2 Å². The summed E-state index contributed by atoms with van der Waals surface area (Å²) < 4.78 is 11.2. The van der Waals surface area contributed by atoms with Crippen molar-refractivity contribution in [1.29, 1.82) is 0 Å². The third-order valence-corrected chi connectivity index (χ3v) is 4.18. The van der Waals surface area contributed by atoms with Crippen LogP contribution in [0.15, 0.2) is 42.5 Å². The second kappa shape index (κ2) is 5.98. The summed E-state index contributed by atoms with van der Waals surface area (Å²) >= 11 is 0. The average molecular weight is 336 g/mol. The number of carboxylic acid groups (broad SMARTS) is 1. The molecule has 0 aliphatic carbocycles. The third kappa shape index (κ3) is 2.71. The molecule has 6 heteroatoms. The first kappa shape index (κ1) is 15.3. The molecule has 1 aliphatic heterocycles. The Bertz CT molecular complexity index is 945. The minimum absolute atomic E-state index is 0.247. The van der Waals surface area contributed by atoms with Crippen LogP contribution in [0.4, 0.5) is 0 Å². The van der Waals surface area contributed by atoms with Gasteiger partial charge in [-0.05, 0) is 36.8 Å². The molecule has 2 N–H and O–H groups in total. The quantitative estimate of drug-likeness (QED) is 0.764. The average Bonchev–Trinajstić information content (AvgIpc) is 3.03. The Hall–Kier alpha value is -3.28. The van der Waals surface area contributed by atoms with E-state index in [1.54, 1.807) is 24.3 Å². The largest absolute Gasteiger partial charge is 0.486 e. The van der Waals surface area contributed by atoms with Gasteiger partial charge >= 0.3 is 5.97 Å². The lowest BCUT2D eigenvalue weighted by Crippen LogP contribution is -2.15. The highest BCUT2D eigenvalue weighted by Gasteiger charge is 2.18. The van der Waals surface area contributed by atoms with E-state index >= 15 is 0 Å². The molecule has 0 spiro atoms. The number of H-pyrrole nitrogens is 1. The number of aromatic amines is 1. The molecule has 0 amide bonds.